The molecule has 2 rings (SSSR count). The molecule has 1 nitrogen and oxygen atoms in total. The van der Waals surface area contributed by atoms with Gasteiger partial charge in [0.1, 0.15) is 0 Å². The average molecular weight is 206 g/mol. The van der Waals surface area contributed by atoms with Crippen LogP contribution >= 0.6 is 11.6 Å². The second-order valence-corrected chi connectivity index (χ2v) is 3.51. The van der Waals surface area contributed by atoms with Crippen molar-refractivity contribution in [2.24, 2.45) is 0 Å². The summed E-state index contributed by atoms with van der Waals surface area (Å²) in [7, 11) is 0. The minimum absolute atomic E-state index is 0.569. The Morgan fingerprint density at radius 2 is 1.79 bits per heavy atom. The van der Waals surface area contributed by atoms with E-state index in [1.165, 1.54) is 5.56 Å². The standard InChI is InChI=1S/C12H12ClN/c13-9-12-7-4-8-14(12)10-11-5-2-1-3-6-11/h1-8H,9-10H2. The first-order valence-electron chi connectivity index (χ1n) is 4.64. The molecular weight excluding hydrogens is 194 g/mol. The van der Waals surface area contributed by atoms with Crippen molar-refractivity contribution in [1.29, 1.82) is 0 Å². The first-order valence-corrected chi connectivity index (χ1v) is 5.17. The molecule has 0 bridgehead atoms. The molecule has 0 atom stereocenters. The fourth-order valence-electron chi connectivity index (χ4n) is 1.51. The smallest absolute Gasteiger partial charge is 0.0627 e. The summed E-state index contributed by atoms with van der Waals surface area (Å²) in [5.74, 6) is 0.569. The molecule has 0 radical (unpaired) electrons. The minimum Gasteiger partial charge on any atom is -0.346 e. The minimum atomic E-state index is 0.569. The molecule has 2 heteroatoms. The summed E-state index contributed by atoms with van der Waals surface area (Å²) in [5, 5.41) is 0. The van der Waals surface area contributed by atoms with Gasteiger partial charge in [0.25, 0.3) is 0 Å². The van der Waals surface area contributed by atoms with Gasteiger partial charge in [0.2, 0.25) is 0 Å². The monoisotopic (exact) mass is 205 g/mol. The van der Waals surface area contributed by atoms with Crippen molar-refractivity contribution in [3.8, 4) is 0 Å². The Morgan fingerprint density at radius 3 is 2.50 bits per heavy atom. The Kier molecular flexibility index (Phi) is 2.90. The van der Waals surface area contributed by atoms with Crippen molar-refractivity contribution in [2.75, 3.05) is 0 Å². The fourth-order valence-corrected chi connectivity index (χ4v) is 1.75. The van der Waals surface area contributed by atoms with E-state index in [0.29, 0.717) is 5.88 Å². The number of hydrogen-bond acceptors (Lipinski definition) is 0. The number of benzene rings is 1. The highest BCUT2D eigenvalue weighted by molar-refractivity contribution is 6.16. The topological polar surface area (TPSA) is 4.93 Å². The lowest BCUT2D eigenvalue weighted by molar-refractivity contribution is 0.771. The lowest BCUT2D eigenvalue weighted by atomic mass is 10.2. The van der Waals surface area contributed by atoms with Crippen LogP contribution in [0, 0.1) is 0 Å². The highest BCUT2D eigenvalue weighted by Gasteiger charge is 1.99. The molecule has 0 saturated heterocycles. The SMILES string of the molecule is ClCc1cccn1Cc1ccccc1. The third kappa shape index (κ3) is 1.99. The summed E-state index contributed by atoms with van der Waals surface area (Å²) in [5.41, 5.74) is 2.46. The number of halogens is 1. The molecule has 1 aromatic carbocycles. The van der Waals surface area contributed by atoms with Crippen LogP contribution in [-0.2, 0) is 12.4 Å². The molecular formula is C12H12ClN. The molecule has 0 N–H and O–H groups in total. The zero-order valence-corrected chi connectivity index (χ0v) is 8.61. The first-order chi connectivity index (χ1) is 6.90. The Bertz CT molecular complexity index is 392. The van der Waals surface area contributed by atoms with Gasteiger partial charge in [0.05, 0.1) is 5.88 Å². The largest absolute Gasteiger partial charge is 0.346 e. The molecule has 2 aromatic rings. The van der Waals surface area contributed by atoms with Gasteiger partial charge in [-0.15, -0.1) is 11.6 Å². The summed E-state index contributed by atoms with van der Waals surface area (Å²) >= 11 is 5.82. The van der Waals surface area contributed by atoms with Crippen molar-refractivity contribution < 1.29 is 0 Å². The molecule has 0 saturated carbocycles. The Labute approximate surface area is 88.9 Å². The molecule has 0 spiro atoms. The molecule has 1 aromatic heterocycles. The average Bonchev–Trinajstić information content (AvgIpc) is 2.67. The van der Waals surface area contributed by atoms with E-state index < -0.39 is 0 Å². The van der Waals surface area contributed by atoms with Crippen LogP contribution in [0.15, 0.2) is 48.7 Å². The lowest BCUT2D eigenvalue weighted by Gasteiger charge is -2.06. The predicted molar refractivity (Wildman–Crippen MR) is 59.5 cm³/mol. The molecule has 0 aliphatic heterocycles. The molecule has 0 aliphatic carbocycles. The van der Waals surface area contributed by atoms with Crippen molar-refractivity contribution in [3.63, 3.8) is 0 Å². The maximum atomic E-state index is 5.82. The zero-order chi connectivity index (χ0) is 9.80. The van der Waals surface area contributed by atoms with E-state index >= 15 is 0 Å². The quantitative estimate of drug-likeness (QED) is 0.678. The van der Waals surface area contributed by atoms with Crippen LogP contribution in [0.25, 0.3) is 0 Å². The summed E-state index contributed by atoms with van der Waals surface area (Å²) in [6, 6.07) is 14.5. The van der Waals surface area contributed by atoms with Crippen LogP contribution in [0.3, 0.4) is 0 Å². The third-order valence-electron chi connectivity index (χ3n) is 2.26. The van der Waals surface area contributed by atoms with Gasteiger partial charge in [0, 0.05) is 18.4 Å². The van der Waals surface area contributed by atoms with Crippen LogP contribution in [0.1, 0.15) is 11.3 Å². The maximum Gasteiger partial charge on any atom is 0.0627 e. The highest BCUT2D eigenvalue weighted by atomic mass is 35.5. The van der Waals surface area contributed by atoms with Gasteiger partial charge < -0.3 is 4.57 Å². The Morgan fingerprint density at radius 1 is 1.00 bits per heavy atom. The van der Waals surface area contributed by atoms with Crippen LogP contribution in [0.5, 0.6) is 0 Å². The van der Waals surface area contributed by atoms with Gasteiger partial charge in [-0.1, -0.05) is 30.3 Å². The molecule has 1 heterocycles. The first kappa shape index (κ1) is 9.35. The number of hydrogen-bond donors (Lipinski definition) is 0. The number of rotatable bonds is 3. The fraction of sp³-hybridized carbons (Fsp3) is 0.167. The van der Waals surface area contributed by atoms with E-state index in [9.17, 15) is 0 Å². The number of alkyl halides is 1. The van der Waals surface area contributed by atoms with E-state index in [2.05, 4.69) is 41.1 Å². The number of aromatic nitrogens is 1. The normalized spacial score (nSPS) is 10.4. The van der Waals surface area contributed by atoms with Gasteiger partial charge >= 0.3 is 0 Å². The van der Waals surface area contributed by atoms with Crippen LogP contribution in [-0.4, -0.2) is 4.57 Å². The van der Waals surface area contributed by atoms with Gasteiger partial charge in [-0.2, -0.15) is 0 Å². The van der Waals surface area contributed by atoms with E-state index in [1.54, 1.807) is 0 Å². The Balaban J connectivity index is 2.19. The number of nitrogens with zero attached hydrogens (tertiary/aromatic N) is 1. The van der Waals surface area contributed by atoms with Crippen LogP contribution in [0.4, 0.5) is 0 Å². The molecule has 14 heavy (non-hydrogen) atoms. The lowest BCUT2D eigenvalue weighted by Crippen LogP contribution is -2.01. The van der Waals surface area contributed by atoms with E-state index in [4.69, 9.17) is 11.6 Å². The van der Waals surface area contributed by atoms with Gasteiger partial charge in [0.15, 0.2) is 0 Å². The summed E-state index contributed by atoms with van der Waals surface area (Å²) < 4.78 is 2.17. The van der Waals surface area contributed by atoms with E-state index in [0.717, 1.165) is 12.2 Å². The summed E-state index contributed by atoms with van der Waals surface area (Å²) in [6.07, 6.45) is 2.06. The van der Waals surface area contributed by atoms with Crippen LogP contribution < -0.4 is 0 Å². The van der Waals surface area contributed by atoms with Gasteiger partial charge in [-0.25, -0.2) is 0 Å². The van der Waals surface area contributed by atoms with Gasteiger partial charge in [-0.3, -0.25) is 0 Å². The second-order valence-electron chi connectivity index (χ2n) is 3.25. The van der Waals surface area contributed by atoms with Crippen molar-refractivity contribution in [1.82, 2.24) is 4.57 Å². The second kappa shape index (κ2) is 4.34. The zero-order valence-electron chi connectivity index (χ0n) is 7.86. The van der Waals surface area contributed by atoms with Crippen molar-refractivity contribution in [2.45, 2.75) is 12.4 Å². The molecule has 72 valence electrons. The molecule has 0 fully saturated rings. The van der Waals surface area contributed by atoms with Crippen LogP contribution in [0.2, 0.25) is 0 Å². The van der Waals surface area contributed by atoms with Crippen molar-refractivity contribution >= 4 is 11.6 Å². The summed E-state index contributed by atoms with van der Waals surface area (Å²) in [6.45, 7) is 0.899. The predicted octanol–water partition coefficient (Wildman–Crippen LogP) is 3.28. The maximum absolute atomic E-state index is 5.82. The molecule has 0 amide bonds. The van der Waals surface area contributed by atoms with Gasteiger partial charge in [-0.05, 0) is 17.7 Å². The van der Waals surface area contributed by atoms with E-state index in [-0.39, 0.29) is 0 Å². The summed E-state index contributed by atoms with van der Waals surface area (Å²) in [4.78, 5) is 0. The highest BCUT2D eigenvalue weighted by Crippen LogP contribution is 2.09. The molecule has 0 aliphatic rings. The third-order valence-corrected chi connectivity index (χ3v) is 2.53. The van der Waals surface area contributed by atoms with E-state index in [1.807, 2.05) is 12.1 Å². The molecule has 0 unspecified atom stereocenters. The van der Waals surface area contributed by atoms with Crippen molar-refractivity contribution in [3.05, 3.63) is 59.9 Å². The Hall–Kier alpha value is -1.21.